The fourth-order valence-corrected chi connectivity index (χ4v) is 6.66. The SMILES string of the molecule is CC1(C(=O)Nc2ncc(-c3ccc(F)c4ccccc34)[nH]2)CC2(N)c3ccccc3C1c1ccccc12. The van der Waals surface area contributed by atoms with Gasteiger partial charge in [0, 0.05) is 16.9 Å². The highest BCUT2D eigenvalue weighted by Gasteiger charge is 2.59. The molecular weight excluding hydrogens is 463 g/mol. The van der Waals surface area contributed by atoms with Gasteiger partial charge in [-0.3, -0.25) is 10.1 Å². The zero-order valence-electron chi connectivity index (χ0n) is 20.3. The number of nitrogens with zero attached hydrogens (tertiary/aromatic N) is 1. The normalized spacial score (nSPS) is 23.5. The van der Waals surface area contributed by atoms with Gasteiger partial charge in [-0.1, -0.05) is 72.8 Å². The van der Waals surface area contributed by atoms with Crippen LogP contribution in [0.5, 0.6) is 0 Å². The standard InChI is InChI=1S/C31H25FN4O/c1-30(17-31(33)23-12-6-4-10-21(23)27(30)22-11-5-7-13-24(22)31)28(37)36-29-34-16-26(35-29)20-14-15-25(32)19-9-3-2-8-18(19)20/h2-16,27H,17,33H2,1H3,(H2,34,35,36,37). The van der Waals surface area contributed by atoms with Crippen molar-refractivity contribution in [3.63, 3.8) is 0 Å². The third-order valence-electron chi connectivity index (χ3n) is 8.28. The van der Waals surface area contributed by atoms with Gasteiger partial charge in [0.15, 0.2) is 0 Å². The number of amides is 1. The highest BCUT2D eigenvalue weighted by atomic mass is 19.1. The maximum atomic E-state index is 14.3. The first-order valence-corrected chi connectivity index (χ1v) is 12.4. The number of H-pyrrole nitrogens is 1. The molecule has 3 aliphatic carbocycles. The Morgan fingerprint density at radius 3 is 2.27 bits per heavy atom. The Kier molecular flexibility index (Phi) is 4.51. The van der Waals surface area contributed by atoms with Crippen LogP contribution in [0.25, 0.3) is 22.0 Å². The molecule has 0 aliphatic heterocycles. The largest absolute Gasteiger partial charge is 0.324 e. The lowest BCUT2D eigenvalue weighted by atomic mass is 9.49. The van der Waals surface area contributed by atoms with Crippen LogP contribution in [0.4, 0.5) is 10.3 Å². The number of halogens is 1. The number of benzene rings is 4. The summed E-state index contributed by atoms with van der Waals surface area (Å²) in [6.07, 6.45) is 2.15. The van der Waals surface area contributed by atoms with E-state index in [4.69, 9.17) is 5.73 Å². The van der Waals surface area contributed by atoms with E-state index in [9.17, 15) is 9.18 Å². The summed E-state index contributed by atoms with van der Waals surface area (Å²) in [6.45, 7) is 2.00. The van der Waals surface area contributed by atoms with E-state index in [1.807, 2.05) is 49.4 Å². The number of nitrogens with two attached hydrogens (primary N) is 1. The molecule has 0 fully saturated rings. The van der Waals surface area contributed by atoms with Crippen LogP contribution < -0.4 is 11.1 Å². The van der Waals surface area contributed by atoms with Gasteiger partial charge in [-0.2, -0.15) is 0 Å². The molecule has 0 saturated carbocycles. The lowest BCUT2D eigenvalue weighted by molar-refractivity contribution is -0.127. The molecule has 5 nitrogen and oxygen atoms in total. The van der Waals surface area contributed by atoms with Crippen molar-refractivity contribution in [3.05, 3.63) is 119 Å². The third-order valence-corrected chi connectivity index (χ3v) is 8.28. The van der Waals surface area contributed by atoms with Crippen molar-refractivity contribution in [1.29, 1.82) is 0 Å². The Morgan fingerprint density at radius 1 is 0.946 bits per heavy atom. The molecule has 1 heterocycles. The summed E-state index contributed by atoms with van der Waals surface area (Å²) in [7, 11) is 0. The summed E-state index contributed by atoms with van der Waals surface area (Å²) in [4.78, 5) is 21.6. The number of aromatic amines is 1. The Morgan fingerprint density at radius 2 is 1.57 bits per heavy atom. The van der Waals surface area contributed by atoms with Crippen molar-refractivity contribution in [3.8, 4) is 11.3 Å². The summed E-state index contributed by atoms with van der Waals surface area (Å²) in [5.74, 6) is -0.186. The van der Waals surface area contributed by atoms with Crippen molar-refractivity contribution >= 4 is 22.6 Å². The van der Waals surface area contributed by atoms with Crippen molar-refractivity contribution in [2.45, 2.75) is 24.8 Å². The van der Waals surface area contributed by atoms with Crippen LogP contribution in [0, 0.1) is 11.2 Å². The van der Waals surface area contributed by atoms with E-state index < -0.39 is 11.0 Å². The number of fused-ring (bicyclic) bond motifs is 2. The number of carbonyl (C=O) groups excluding carboxylic acids is 1. The molecule has 4 N–H and O–H groups in total. The molecule has 37 heavy (non-hydrogen) atoms. The fourth-order valence-electron chi connectivity index (χ4n) is 6.66. The van der Waals surface area contributed by atoms with Gasteiger partial charge in [-0.15, -0.1) is 0 Å². The third kappa shape index (κ3) is 2.99. The van der Waals surface area contributed by atoms with Crippen LogP contribution in [0.3, 0.4) is 0 Å². The van der Waals surface area contributed by atoms with Crippen molar-refractivity contribution < 1.29 is 9.18 Å². The number of aromatic nitrogens is 2. The highest BCUT2D eigenvalue weighted by molar-refractivity contribution is 5.98. The molecule has 5 aromatic rings. The first-order valence-electron chi connectivity index (χ1n) is 12.4. The van der Waals surface area contributed by atoms with Crippen LogP contribution in [-0.4, -0.2) is 15.9 Å². The summed E-state index contributed by atoms with van der Waals surface area (Å²) >= 11 is 0. The maximum Gasteiger partial charge on any atom is 0.233 e. The lowest BCUT2D eigenvalue weighted by Gasteiger charge is -2.55. The number of carbonyl (C=O) groups is 1. The molecule has 0 saturated heterocycles. The first-order chi connectivity index (χ1) is 17.9. The second kappa shape index (κ2) is 7.60. The average molecular weight is 489 g/mol. The minimum absolute atomic E-state index is 0.124. The number of imidazole rings is 1. The minimum atomic E-state index is -0.785. The molecule has 182 valence electrons. The second-order valence-corrected chi connectivity index (χ2v) is 10.4. The van der Waals surface area contributed by atoms with Crippen LogP contribution in [0.15, 0.2) is 91.1 Å². The van der Waals surface area contributed by atoms with Gasteiger partial charge in [0.25, 0.3) is 0 Å². The molecule has 0 spiro atoms. The number of rotatable bonds is 3. The number of nitrogens with one attached hydrogen (secondary N) is 2. The molecular formula is C31H25FN4O. The van der Waals surface area contributed by atoms with E-state index in [0.29, 0.717) is 23.4 Å². The number of hydrogen-bond acceptors (Lipinski definition) is 3. The van der Waals surface area contributed by atoms with Crippen LogP contribution in [-0.2, 0) is 10.3 Å². The zero-order valence-corrected chi connectivity index (χ0v) is 20.3. The molecule has 1 aromatic heterocycles. The van der Waals surface area contributed by atoms with Gasteiger partial charge >= 0.3 is 0 Å². The Balaban J connectivity index is 1.26. The fraction of sp³-hybridized carbons (Fsp3) is 0.161. The molecule has 6 heteroatoms. The maximum absolute atomic E-state index is 14.3. The van der Waals surface area contributed by atoms with Crippen LogP contribution >= 0.6 is 0 Å². The van der Waals surface area contributed by atoms with E-state index in [2.05, 4.69) is 39.6 Å². The highest BCUT2D eigenvalue weighted by Crippen LogP contribution is 2.61. The smallest absolute Gasteiger partial charge is 0.233 e. The van der Waals surface area contributed by atoms with Gasteiger partial charge in [-0.05, 0) is 53.1 Å². The molecule has 4 aromatic carbocycles. The summed E-state index contributed by atoms with van der Waals surface area (Å²) in [5, 5.41) is 4.35. The van der Waals surface area contributed by atoms with Crippen molar-refractivity contribution in [2.75, 3.05) is 5.32 Å². The summed E-state index contributed by atoms with van der Waals surface area (Å²) in [5.41, 5.74) is 11.5. The number of anilines is 1. The molecule has 1 unspecified atom stereocenters. The lowest BCUT2D eigenvalue weighted by Crippen LogP contribution is -2.58. The second-order valence-electron chi connectivity index (χ2n) is 10.4. The Hall–Kier alpha value is -4.29. The molecule has 2 bridgehead atoms. The molecule has 8 rings (SSSR count). The van der Waals surface area contributed by atoms with E-state index in [1.165, 1.54) is 6.07 Å². The van der Waals surface area contributed by atoms with E-state index in [0.717, 1.165) is 33.2 Å². The monoisotopic (exact) mass is 488 g/mol. The molecule has 0 radical (unpaired) electrons. The van der Waals surface area contributed by atoms with Gasteiger partial charge in [-0.25, -0.2) is 9.37 Å². The summed E-state index contributed by atoms with van der Waals surface area (Å²) < 4.78 is 14.3. The Labute approximate surface area is 213 Å². The van der Waals surface area contributed by atoms with E-state index in [1.54, 1.807) is 18.3 Å². The van der Waals surface area contributed by atoms with E-state index >= 15 is 0 Å². The van der Waals surface area contributed by atoms with Crippen molar-refractivity contribution in [1.82, 2.24) is 9.97 Å². The van der Waals surface area contributed by atoms with Gasteiger partial charge in [0.1, 0.15) is 5.82 Å². The topological polar surface area (TPSA) is 83.8 Å². The Bertz CT molecular complexity index is 1680. The van der Waals surface area contributed by atoms with Gasteiger partial charge in [0.2, 0.25) is 11.9 Å². The predicted molar refractivity (Wildman–Crippen MR) is 143 cm³/mol. The van der Waals surface area contributed by atoms with Gasteiger partial charge < -0.3 is 10.7 Å². The molecule has 3 aliphatic rings. The molecule has 1 atom stereocenters. The van der Waals surface area contributed by atoms with Crippen LogP contribution in [0.2, 0.25) is 0 Å². The average Bonchev–Trinajstić information content (AvgIpc) is 3.37. The van der Waals surface area contributed by atoms with Crippen molar-refractivity contribution in [2.24, 2.45) is 11.1 Å². The quantitative estimate of drug-likeness (QED) is 0.288. The van der Waals surface area contributed by atoms with E-state index in [-0.39, 0.29) is 17.6 Å². The number of hydrogen-bond donors (Lipinski definition) is 3. The molecule has 1 amide bonds. The predicted octanol–water partition coefficient (Wildman–Crippen LogP) is 6.07. The van der Waals surface area contributed by atoms with Crippen LogP contribution in [0.1, 0.15) is 41.5 Å². The first kappa shape index (κ1) is 21.9. The zero-order chi connectivity index (χ0) is 25.4. The van der Waals surface area contributed by atoms with Gasteiger partial charge in [0.05, 0.1) is 22.8 Å². The summed E-state index contributed by atoms with van der Waals surface area (Å²) in [6, 6.07) is 26.9. The minimum Gasteiger partial charge on any atom is -0.324 e.